The Morgan fingerprint density at radius 1 is 1.11 bits per heavy atom. The van der Waals surface area contributed by atoms with E-state index >= 15 is 0 Å². The Bertz CT molecular complexity index is 624. The van der Waals surface area contributed by atoms with Gasteiger partial charge in [-0.15, -0.1) is 0 Å². The molecular formula is C17H16ClN. The minimum absolute atomic E-state index is 0.823. The molecule has 19 heavy (non-hydrogen) atoms. The van der Waals surface area contributed by atoms with Crippen LogP contribution in [0.5, 0.6) is 0 Å². The molecule has 2 heteroatoms. The Morgan fingerprint density at radius 2 is 2.05 bits per heavy atom. The lowest BCUT2D eigenvalue weighted by Crippen LogP contribution is -2.03. The Hall–Kier alpha value is -1.73. The summed E-state index contributed by atoms with van der Waals surface area (Å²) in [6, 6.07) is 2.19. The number of fused-ring (bicyclic) bond motifs is 1. The molecular weight excluding hydrogens is 254 g/mol. The standard InChI is InChI=1S/C17H16ClN/c18-16-7-4-5-14(9-10-16)13-19-12-11-15-6-2-1-3-8-17(15)19/h1-3,5-7,9-12H,4,8,13H2. The van der Waals surface area contributed by atoms with Crippen LogP contribution in [0.15, 0.2) is 65.4 Å². The van der Waals surface area contributed by atoms with E-state index in [-0.39, 0.29) is 0 Å². The molecule has 3 rings (SSSR count). The highest BCUT2D eigenvalue weighted by molar-refractivity contribution is 6.31. The van der Waals surface area contributed by atoms with Crippen LogP contribution in [-0.4, -0.2) is 4.57 Å². The number of aromatic nitrogens is 1. The van der Waals surface area contributed by atoms with E-state index in [9.17, 15) is 0 Å². The van der Waals surface area contributed by atoms with Crippen molar-refractivity contribution in [2.45, 2.75) is 19.4 Å². The maximum absolute atomic E-state index is 6.02. The van der Waals surface area contributed by atoms with Crippen LogP contribution in [0.2, 0.25) is 0 Å². The van der Waals surface area contributed by atoms with Crippen molar-refractivity contribution in [1.82, 2.24) is 4.57 Å². The third kappa shape index (κ3) is 2.82. The van der Waals surface area contributed by atoms with Gasteiger partial charge in [0.2, 0.25) is 0 Å². The molecule has 0 atom stereocenters. The number of hydrogen-bond donors (Lipinski definition) is 0. The summed E-state index contributed by atoms with van der Waals surface area (Å²) in [6.45, 7) is 0.908. The van der Waals surface area contributed by atoms with Crippen molar-refractivity contribution in [1.29, 1.82) is 0 Å². The number of hydrogen-bond acceptors (Lipinski definition) is 0. The van der Waals surface area contributed by atoms with Crippen molar-refractivity contribution < 1.29 is 0 Å². The average Bonchev–Trinajstić information content (AvgIpc) is 2.61. The normalized spacial score (nSPS) is 17.5. The number of nitrogens with zero attached hydrogens (tertiary/aromatic N) is 1. The Balaban J connectivity index is 1.83. The lowest BCUT2D eigenvalue weighted by molar-refractivity contribution is 0.759. The molecule has 1 aromatic rings. The van der Waals surface area contributed by atoms with E-state index in [2.05, 4.69) is 53.3 Å². The van der Waals surface area contributed by atoms with Crippen LogP contribution in [0, 0.1) is 0 Å². The maximum atomic E-state index is 6.02. The molecule has 0 radical (unpaired) electrons. The van der Waals surface area contributed by atoms with Crippen LogP contribution in [0.4, 0.5) is 0 Å². The summed E-state index contributed by atoms with van der Waals surface area (Å²) in [6.07, 6.45) is 21.0. The Morgan fingerprint density at radius 3 is 3.00 bits per heavy atom. The van der Waals surface area contributed by atoms with Crippen molar-refractivity contribution in [2.24, 2.45) is 0 Å². The van der Waals surface area contributed by atoms with Gasteiger partial charge in [-0.3, -0.25) is 0 Å². The van der Waals surface area contributed by atoms with Gasteiger partial charge >= 0.3 is 0 Å². The van der Waals surface area contributed by atoms with Crippen LogP contribution in [0.3, 0.4) is 0 Å². The molecule has 0 spiro atoms. The predicted molar refractivity (Wildman–Crippen MR) is 82.1 cm³/mol. The highest BCUT2D eigenvalue weighted by Gasteiger charge is 2.08. The topological polar surface area (TPSA) is 4.93 Å². The fraction of sp³-hybridized carbons (Fsp3) is 0.176. The average molecular weight is 270 g/mol. The summed E-state index contributed by atoms with van der Waals surface area (Å²) in [5.41, 5.74) is 4.00. The highest BCUT2D eigenvalue weighted by Crippen LogP contribution is 2.20. The molecule has 2 aliphatic carbocycles. The summed E-state index contributed by atoms with van der Waals surface area (Å²) in [4.78, 5) is 0. The molecule has 0 saturated carbocycles. The second-order valence-electron chi connectivity index (χ2n) is 4.77. The molecule has 1 nitrogen and oxygen atoms in total. The van der Waals surface area contributed by atoms with E-state index in [4.69, 9.17) is 11.6 Å². The first-order valence-electron chi connectivity index (χ1n) is 6.57. The first-order valence-corrected chi connectivity index (χ1v) is 6.95. The summed E-state index contributed by atoms with van der Waals surface area (Å²) >= 11 is 6.02. The molecule has 0 aliphatic heterocycles. The van der Waals surface area contributed by atoms with Gasteiger partial charge in [-0.2, -0.15) is 0 Å². The van der Waals surface area contributed by atoms with Gasteiger partial charge < -0.3 is 4.57 Å². The van der Waals surface area contributed by atoms with E-state index < -0.39 is 0 Å². The van der Waals surface area contributed by atoms with Crippen molar-refractivity contribution in [3.8, 4) is 0 Å². The van der Waals surface area contributed by atoms with Crippen molar-refractivity contribution in [3.63, 3.8) is 0 Å². The maximum Gasteiger partial charge on any atom is 0.0470 e. The van der Waals surface area contributed by atoms with Gasteiger partial charge in [-0.25, -0.2) is 0 Å². The third-order valence-electron chi connectivity index (χ3n) is 3.45. The molecule has 1 aromatic heterocycles. The van der Waals surface area contributed by atoms with Crippen molar-refractivity contribution in [2.75, 3.05) is 0 Å². The molecule has 0 N–H and O–H groups in total. The second-order valence-corrected chi connectivity index (χ2v) is 5.21. The van der Waals surface area contributed by atoms with Crippen molar-refractivity contribution in [3.05, 3.63) is 76.7 Å². The van der Waals surface area contributed by atoms with Crippen LogP contribution >= 0.6 is 11.6 Å². The van der Waals surface area contributed by atoms with Crippen LogP contribution in [0.1, 0.15) is 17.7 Å². The molecule has 96 valence electrons. The fourth-order valence-electron chi connectivity index (χ4n) is 2.43. The summed E-state index contributed by atoms with van der Waals surface area (Å²) in [7, 11) is 0. The number of allylic oxidation sites excluding steroid dienone is 9. The van der Waals surface area contributed by atoms with Gasteiger partial charge in [-0.1, -0.05) is 54.1 Å². The first kappa shape index (κ1) is 12.3. The number of halogens is 1. The second kappa shape index (κ2) is 5.50. The van der Waals surface area contributed by atoms with Crippen LogP contribution in [-0.2, 0) is 13.0 Å². The molecule has 0 unspecified atom stereocenters. The van der Waals surface area contributed by atoms with Gasteiger partial charge in [-0.05, 0) is 29.7 Å². The predicted octanol–water partition coefficient (Wildman–Crippen LogP) is 4.62. The van der Waals surface area contributed by atoms with E-state index in [1.165, 1.54) is 16.8 Å². The molecule has 1 heterocycles. The fourth-order valence-corrected chi connectivity index (χ4v) is 2.59. The van der Waals surface area contributed by atoms with E-state index in [1.54, 1.807) is 0 Å². The zero-order valence-corrected chi connectivity index (χ0v) is 11.5. The zero-order valence-electron chi connectivity index (χ0n) is 10.7. The van der Waals surface area contributed by atoms with E-state index in [1.807, 2.05) is 12.2 Å². The quantitative estimate of drug-likeness (QED) is 0.738. The van der Waals surface area contributed by atoms with Gasteiger partial charge in [0.05, 0.1) is 0 Å². The lowest BCUT2D eigenvalue weighted by Gasteiger charge is -2.09. The minimum Gasteiger partial charge on any atom is -0.346 e. The van der Waals surface area contributed by atoms with Gasteiger partial charge in [0.1, 0.15) is 0 Å². The summed E-state index contributed by atoms with van der Waals surface area (Å²) in [5.74, 6) is 0. The first-order chi connectivity index (χ1) is 9.33. The SMILES string of the molecule is ClC1=CCC=C(Cn2ccc3c2CC=CC=C3)C=C1. The largest absolute Gasteiger partial charge is 0.346 e. The highest BCUT2D eigenvalue weighted by atomic mass is 35.5. The molecule has 2 aliphatic rings. The molecule has 0 fully saturated rings. The van der Waals surface area contributed by atoms with Crippen LogP contribution < -0.4 is 0 Å². The van der Waals surface area contributed by atoms with E-state index in [0.717, 1.165) is 24.4 Å². The summed E-state index contributed by atoms with van der Waals surface area (Å²) < 4.78 is 2.32. The monoisotopic (exact) mass is 269 g/mol. The Labute approximate surface area is 118 Å². The molecule has 0 bridgehead atoms. The zero-order chi connectivity index (χ0) is 13.1. The molecule has 0 aromatic carbocycles. The van der Waals surface area contributed by atoms with Crippen LogP contribution in [0.25, 0.3) is 6.08 Å². The van der Waals surface area contributed by atoms with Gasteiger partial charge in [0, 0.05) is 29.9 Å². The van der Waals surface area contributed by atoms with Gasteiger partial charge in [0.25, 0.3) is 0 Å². The van der Waals surface area contributed by atoms with Gasteiger partial charge in [0.15, 0.2) is 0 Å². The molecule has 0 amide bonds. The smallest absolute Gasteiger partial charge is 0.0470 e. The van der Waals surface area contributed by atoms with E-state index in [0.29, 0.717) is 0 Å². The van der Waals surface area contributed by atoms with Crippen molar-refractivity contribution >= 4 is 17.7 Å². The third-order valence-corrected chi connectivity index (χ3v) is 3.73. The molecule has 0 saturated heterocycles. The number of rotatable bonds is 2. The minimum atomic E-state index is 0.823. The summed E-state index contributed by atoms with van der Waals surface area (Å²) in [5, 5.41) is 0.823. The Kier molecular flexibility index (Phi) is 3.56. The lowest BCUT2D eigenvalue weighted by atomic mass is 10.2.